The van der Waals surface area contributed by atoms with Gasteiger partial charge < -0.3 is 10.8 Å². The number of carboxylic acid groups (broad SMARTS) is 1. The average Bonchev–Trinajstić information content (AvgIpc) is 2.19. The Morgan fingerprint density at radius 1 is 1.47 bits per heavy atom. The van der Waals surface area contributed by atoms with E-state index in [4.69, 9.17) is 10.8 Å². The normalized spacial score (nSPS) is 11.6. The van der Waals surface area contributed by atoms with Gasteiger partial charge in [-0.2, -0.15) is 0 Å². The van der Waals surface area contributed by atoms with Crippen LogP contribution in [0, 0.1) is 0 Å². The fourth-order valence-electron chi connectivity index (χ4n) is 1.10. The number of aliphatic carboxylic acids is 1. The van der Waals surface area contributed by atoms with Gasteiger partial charge >= 0.3 is 5.97 Å². The average molecular weight is 248 g/mol. The van der Waals surface area contributed by atoms with Gasteiger partial charge in [-0.15, -0.1) is 24.2 Å². The van der Waals surface area contributed by atoms with Gasteiger partial charge in [0.15, 0.2) is 0 Å². The lowest BCUT2D eigenvalue weighted by Gasteiger charge is -2.06. The van der Waals surface area contributed by atoms with Gasteiger partial charge in [-0.1, -0.05) is 12.1 Å². The minimum Gasteiger partial charge on any atom is -0.480 e. The molecule has 3 N–H and O–H groups in total. The van der Waals surface area contributed by atoms with E-state index in [9.17, 15) is 4.79 Å². The lowest BCUT2D eigenvalue weighted by atomic mass is 10.1. The van der Waals surface area contributed by atoms with Crippen LogP contribution in [0.5, 0.6) is 0 Å². The van der Waals surface area contributed by atoms with Crippen LogP contribution in [0.1, 0.15) is 5.56 Å². The molecule has 0 aliphatic rings. The molecule has 0 radical (unpaired) electrons. The fourth-order valence-corrected chi connectivity index (χ4v) is 1.51. The predicted octanol–water partition coefficient (Wildman–Crippen LogP) is 1.78. The Morgan fingerprint density at radius 2 is 2.00 bits per heavy atom. The third-order valence-corrected chi connectivity index (χ3v) is 2.68. The van der Waals surface area contributed by atoms with Crippen LogP contribution < -0.4 is 5.73 Å². The molecular formula is C10H14ClNO2S. The van der Waals surface area contributed by atoms with Crippen LogP contribution in [0.15, 0.2) is 29.2 Å². The van der Waals surface area contributed by atoms with E-state index in [0.29, 0.717) is 6.42 Å². The highest BCUT2D eigenvalue weighted by atomic mass is 35.5. The zero-order valence-corrected chi connectivity index (χ0v) is 9.98. The summed E-state index contributed by atoms with van der Waals surface area (Å²) in [4.78, 5) is 11.7. The number of rotatable bonds is 4. The number of carbonyl (C=O) groups is 1. The molecule has 0 amide bonds. The van der Waals surface area contributed by atoms with Gasteiger partial charge in [-0.05, 0) is 30.4 Å². The van der Waals surface area contributed by atoms with Crippen LogP contribution in [-0.4, -0.2) is 23.4 Å². The quantitative estimate of drug-likeness (QED) is 0.797. The van der Waals surface area contributed by atoms with Crippen LogP contribution in [0.2, 0.25) is 0 Å². The van der Waals surface area contributed by atoms with E-state index in [1.54, 1.807) is 11.8 Å². The second-order valence-corrected chi connectivity index (χ2v) is 3.88. The molecule has 0 spiro atoms. The van der Waals surface area contributed by atoms with Crippen LogP contribution in [0.3, 0.4) is 0 Å². The van der Waals surface area contributed by atoms with Crippen molar-refractivity contribution in [2.45, 2.75) is 17.4 Å². The van der Waals surface area contributed by atoms with Gasteiger partial charge in [0.2, 0.25) is 0 Å². The van der Waals surface area contributed by atoms with Gasteiger partial charge in [0.1, 0.15) is 6.04 Å². The number of nitrogens with two attached hydrogens (primary N) is 1. The third-order valence-electron chi connectivity index (χ3n) is 1.93. The third kappa shape index (κ3) is 4.55. The molecule has 15 heavy (non-hydrogen) atoms. The molecule has 1 atom stereocenters. The number of thioether (sulfide) groups is 1. The Balaban J connectivity index is 0.00000196. The molecule has 0 aliphatic heterocycles. The van der Waals surface area contributed by atoms with Crippen molar-refractivity contribution < 1.29 is 9.90 Å². The lowest BCUT2D eigenvalue weighted by Crippen LogP contribution is -2.32. The molecule has 1 aromatic rings. The molecule has 0 fully saturated rings. The van der Waals surface area contributed by atoms with Crippen molar-refractivity contribution in [1.29, 1.82) is 0 Å². The molecule has 84 valence electrons. The summed E-state index contributed by atoms with van der Waals surface area (Å²) in [5, 5.41) is 8.61. The highest BCUT2D eigenvalue weighted by Gasteiger charge is 2.11. The van der Waals surface area contributed by atoms with E-state index in [1.165, 1.54) is 0 Å². The van der Waals surface area contributed by atoms with Crippen LogP contribution in [-0.2, 0) is 11.2 Å². The predicted molar refractivity (Wildman–Crippen MR) is 64.8 cm³/mol. The van der Waals surface area contributed by atoms with Crippen molar-refractivity contribution in [2.24, 2.45) is 5.73 Å². The molecule has 0 bridgehead atoms. The Bertz CT molecular complexity index is 316. The first-order valence-electron chi connectivity index (χ1n) is 4.25. The van der Waals surface area contributed by atoms with Gasteiger partial charge in [-0.25, -0.2) is 0 Å². The summed E-state index contributed by atoms with van der Waals surface area (Å²) in [6.07, 6.45) is 2.38. The summed E-state index contributed by atoms with van der Waals surface area (Å²) in [6.45, 7) is 0. The van der Waals surface area contributed by atoms with E-state index in [-0.39, 0.29) is 12.4 Å². The maximum Gasteiger partial charge on any atom is 0.320 e. The van der Waals surface area contributed by atoms with E-state index in [0.717, 1.165) is 10.5 Å². The van der Waals surface area contributed by atoms with Crippen molar-refractivity contribution in [3.63, 3.8) is 0 Å². The molecule has 5 heteroatoms. The molecule has 0 aliphatic carbocycles. The minimum absolute atomic E-state index is 0. The number of hydrogen-bond donors (Lipinski definition) is 2. The largest absolute Gasteiger partial charge is 0.480 e. The highest BCUT2D eigenvalue weighted by Crippen LogP contribution is 2.15. The molecule has 0 saturated carbocycles. The Hall–Kier alpha value is -0.710. The minimum atomic E-state index is -0.959. The van der Waals surface area contributed by atoms with Gasteiger partial charge in [0, 0.05) is 4.90 Å². The van der Waals surface area contributed by atoms with Gasteiger partial charge in [-0.3, -0.25) is 4.79 Å². The molecule has 1 aromatic carbocycles. The number of hydrogen-bond acceptors (Lipinski definition) is 3. The summed E-state index contributed by atoms with van der Waals surface area (Å²) in [7, 11) is 0. The van der Waals surface area contributed by atoms with E-state index in [1.807, 2.05) is 30.5 Å². The van der Waals surface area contributed by atoms with E-state index in [2.05, 4.69) is 0 Å². The Morgan fingerprint density at radius 3 is 2.40 bits per heavy atom. The molecule has 3 nitrogen and oxygen atoms in total. The maximum atomic E-state index is 10.5. The van der Waals surface area contributed by atoms with Crippen molar-refractivity contribution in [2.75, 3.05) is 6.26 Å². The number of halogens is 1. The van der Waals surface area contributed by atoms with Crippen molar-refractivity contribution >= 4 is 30.1 Å². The summed E-state index contributed by atoms with van der Waals surface area (Å²) in [5.74, 6) is -0.959. The van der Waals surface area contributed by atoms with Crippen molar-refractivity contribution in [1.82, 2.24) is 0 Å². The molecule has 0 heterocycles. The zero-order valence-electron chi connectivity index (χ0n) is 8.34. The summed E-state index contributed by atoms with van der Waals surface area (Å²) in [5.41, 5.74) is 6.37. The number of benzene rings is 1. The van der Waals surface area contributed by atoms with Crippen LogP contribution in [0.25, 0.3) is 0 Å². The maximum absolute atomic E-state index is 10.5. The fraction of sp³-hybridized carbons (Fsp3) is 0.300. The molecule has 0 saturated heterocycles. The number of carboxylic acids is 1. The Labute approximate surface area is 99.5 Å². The smallest absolute Gasteiger partial charge is 0.320 e. The monoisotopic (exact) mass is 247 g/mol. The van der Waals surface area contributed by atoms with Crippen molar-refractivity contribution in [3.05, 3.63) is 29.8 Å². The topological polar surface area (TPSA) is 63.3 Å². The summed E-state index contributed by atoms with van der Waals surface area (Å²) >= 11 is 1.66. The second-order valence-electron chi connectivity index (χ2n) is 3.00. The SMILES string of the molecule is CSc1ccc(CC(N)C(=O)O)cc1.Cl. The first-order chi connectivity index (χ1) is 6.63. The standard InChI is InChI=1S/C10H13NO2S.ClH/c1-14-8-4-2-7(3-5-8)6-9(11)10(12)13;/h2-5,9H,6,11H2,1H3,(H,12,13);1H. The molecular weight excluding hydrogens is 234 g/mol. The van der Waals surface area contributed by atoms with Crippen LogP contribution >= 0.6 is 24.2 Å². The zero-order chi connectivity index (χ0) is 10.6. The molecule has 1 rings (SSSR count). The first-order valence-corrected chi connectivity index (χ1v) is 5.47. The highest BCUT2D eigenvalue weighted by molar-refractivity contribution is 7.98. The second kappa shape index (κ2) is 6.71. The van der Waals surface area contributed by atoms with Gasteiger partial charge in [0.05, 0.1) is 0 Å². The van der Waals surface area contributed by atoms with Gasteiger partial charge in [0.25, 0.3) is 0 Å². The Kier molecular flexibility index (Phi) is 6.40. The molecule has 0 aromatic heterocycles. The van der Waals surface area contributed by atoms with Crippen molar-refractivity contribution in [3.8, 4) is 0 Å². The first kappa shape index (κ1) is 14.3. The van der Waals surface area contributed by atoms with Crippen LogP contribution in [0.4, 0.5) is 0 Å². The van der Waals surface area contributed by atoms with E-state index < -0.39 is 12.0 Å². The summed E-state index contributed by atoms with van der Waals surface area (Å²) < 4.78 is 0. The summed E-state index contributed by atoms with van der Waals surface area (Å²) in [6, 6.07) is 6.95. The van der Waals surface area contributed by atoms with E-state index >= 15 is 0 Å². The molecule has 1 unspecified atom stereocenters. The lowest BCUT2D eigenvalue weighted by molar-refractivity contribution is -0.138.